The van der Waals surface area contributed by atoms with Gasteiger partial charge in [-0.2, -0.15) is 0 Å². The summed E-state index contributed by atoms with van der Waals surface area (Å²) in [7, 11) is 3.43. The fourth-order valence-electron chi connectivity index (χ4n) is 2.70. The number of hydrogen-bond acceptors (Lipinski definition) is 4. The highest BCUT2D eigenvalue weighted by Gasteiger charge is 2.16. The van der Waals surface area contributed by atoms with Crippen molar-refractivity contribution in [3.63, 3.8) is 0 Å². The van der Waals surface area contributed by atoms with E-state index in [2.05, 4.69) is 27.7 Å². The molecule has 0 aliphatic rings. The van der Waals surface area contributed by atoms with E-state index in [1.54, 1.807) is 14.2 Å². The number of nitrogens with one attached hydrogen (secondary N) is 2. The number of rotatable bonds is 6. The lowest BCUT2D eigenvalue weighted by Crippen LogP contribution is -2.38. The second-order valence-electron chi connectivity index (χ2n) is 5.79. The third kappa shape index (κ3) is 5.91. The van der Waals surface area contributed by atoms with Gasteiger partial charge >= 0.3 is 0 Å². The highest BCUT2D eigenvalue weighted by atomic mass is 127. The molecule has 7 heteroatoms. The highest BCUT2D eigenvalue weighted by molar-refractivity contribution is 14.0. The van der Waals surface area contributed by atoms with Crippen LogP contribution >= 0.6 is 24.0 Å². The third-order valence-electron chi connectivity index (χ3n) is 4.00. The van der Waals surface area contributed by atoms with Gasteiger partial charge in [-0.05, 0) is 31.5 Å². The van der Waals surface area contributed by atoms with Crippen LogP contribution in [0.15, 0.2) is 33.8 Å². The second kappa shape index (κ2) is 10.3. The average molecular weight is 458 g/mol. The Balaban J connectivity index is 0.00000312. The Morgan fingerprint density at radius 2 is 1.92 bits per heavy atom. The molecule has 0 aliphatic heterocycles. The molecular formula is C18H27IN4O2. The van der Waals surface area contributed by atoms with E-state index in [0.29, 0.717) is 6.54 Å². The maximum absolute atomic E-state index is 5.24. The number of hydrogen-bond donors (Lipinski definition) is 2. The summed E-state index contributed by atoms with van der Waals surface area (Å²) in [6.07, 6.45) is 0. The van der Waals surface area contributed by atoms with Crippen LogP contribution in [0.3, 0.4) is 0 Å². The molecular weight excluding hydrogens is 431 g/mol. The summed E-state index contributed by atoms with van der Waals surface area (Å²) < 4.78 is 10.4. The van der Waals surface area contributed by atoms with Crippen LogP contribution in [0, 0.1) is 13.8 Å². The summed E-state index contributed by atoms with van der Waals surface area (Å²) in [6, 6.07) is 7.97. The molecule has 1 aromatic heterocycles. The summed E-state index contributed by atoms with van der Waals surface area (Å²) in [4.78, 5) is 4.27. The van der Waals surface area contributed by atoms with Crippen molar-refractivity contribution in [2.45, 2.75) is 33.2 Å². The summed E-state index contributed by atoms with van der Waals surface area (Å²) in [5.41, 5.74) is 3.27. The van der Waals surface area contributed by atoms with E-state index in [9.17, 15) is 0 Å². The number of methoxy groups -OCH3 is 1. The molecule has 25 heavy (non-hydrogen) atoms. The van der Waals surface area contributed by atoms with Crippen molar-refractivity contribution < 1.29 is 9.26 Å². The SMILES string of the molecule is CN=C(NCc1ccc(OC)cc1)NCC(C)c1c(C)noc1C.I. The third-order valence-corrected chi connectivity index (χ3v) is 4.00. The summed E-state index contributed by atoms with van der Waals surface area (Å²) in [5.74, 6) is 2.79. The molecule has 1 unspecified atom stereocenters. The van der Waals surface area contributed by atoms with Gasteiger partial charge in [0.05, 0.1) is 12.8 Å². The Morgan fingerprint density at radius 1 is 1.24 bits per heavy atom. The minimum absolute atomic E-state index is 0. The lowest BCUT2D eigenvalue weighted by molar-refractivity contribution is 0.391. The number of nitrogens with zero attached hydrogens (tertiary/aromatic N) is 2. The largest absolute Gasteiger partial charge is 0.497 e. The van der Waals surface area contributed by atoms with Gasteiger partial charge in [-0.25, -0.2) is 0 Å². The molecule has 6 nitrogen and oxygen atoms in total. The molecule has 0 aliphatic carbocycles. The topological polar surface area (TPSA) is 71.7 Å². The number of aromatic nitrogens is 1. The molecule has 0 saturated heterocycles. The van der Waals surface area contributed by atoms with Gasteiger partial charge in [0.25, 0.3) is 0 Å². The summed E-state index contributed by atoms with van der Waals surface area (Å²) in [6.45, 7) is 7.52. The first-order valence-electron chi connectivity index (χ1n) is 8.05. The van der Waals surface area contributed by atoms with Crippen LogP contribution in [0.1, 0.15) is 35.4 Å². The zero-order valence-electron chi connectivity index (χ0n) is 15.4. The predicted molar refractivity (Wildman–Crippen MR) is 111 cm³/mol. The van der Waals surface area contributed by atoms with Crippen molar-refractivity contribution in [2.24, 2.45) is 4.99 Å². The number of guanidine groups is 1. The number of halogens is 1. The smallest absolute Gasteiger partial charge is 0.191 e. The zero-order chi connectivity index (χ0) is 17.5. The van der Waals surface area contributed by atoms with Gasteiger partial charge in [0, 0.05) is 31.6 Å². The molecule has 0 radical (unpaired) electrons. The lowest BCUT2D eigenvalue weighted by Gasteiger charge is -2.16. The molecule has 1 atom stereocenters. The Bertz CT molecular complexity index is 663. The normalized spacial score (nSPS) is 12.3. The first-order valence-corrected chi connectivity index (χ1v) is 8.05. The van der Waals surface area contributed by atoms with Crippen molar-refractivity contribution >= 4 is 29.9 Å². The first-order chi connectivity index (χ1) is 11.5. The van der Waals surface area contributed by atoms with E-state index in [4.69, 9.17) is 9.26 Å². The van der Waals surface area contributed by atoms with Crippen molar-refractivity contribution in [1.29, 1.82) is 0 Å². The molecule has 1 heterocycles. The monoisotopic (exact) mass is 458 g/mol. The highest BCUT2D eigenvalue weighted by Crippen LogP contribution is 2.22. The van der Waals surface area contributed by atoms with Crippen molar-refractivity contribution in [2.75, 3.05) is 20.7 Å². The van der Waals surface area contributed by atoms with Gasteiger partial charge in [-0.3, -0.25) is 4.99 Å². The molecule has 2 aromatic rings. The lowest BCUT2D eigenvalue weighted by atomic mass is 10.00. The zero-order valence-corrected chi connectivity index (χ0v) is 17.8. The van der Waals surface area contributed by atoms with Gasteiger partial charge in [0.15, 0.2) is 5.96 Å². The molecule has 2 rings (SSSR count). The molecule has 0 spiro atoms. The van der Waals surface area contributed by atoms with E-state index < -0.39 is 0 Å². The van der Waals surface area contributed by atoms with Crippen LogP contribution in [0.25, 0.3) is 0 Å². The van der Waals surface area contributed by atoms with Crippen LogP contribution in [0.4, 0.5) is 0 Å². The second-order valence-corrected chi connectivity index (χ2v) is 5.79. The van der Waals surface area contributed by atoms with Crippen molar-refractivity contribution in [1.82, 2.24) is 15.8 Å². The first kappa shape index (κ1) is 21.3. The van der Waals surface area contributed by atoms with Crippen molar-refractivity contribution in [3.8, 4) is 5.75 Å². The van der Waals surface area contributed by atoms with Gasteiger partial charge in [0.1, 0.15) is 11.5 Å². The standard InChI is InChI=1S/C18H26N4O2.HI/c1-12(17-13(2)22-24-14(17)3)10-20-18(19-4)21-11-15-6-8-16(23-5)9-7-15;/h6-9,12H,10-11H2,1-5H3,(H2,19,20,21);1H. The molecule has 0 fully saturated rings. The number of aryl methyl sites for hydroxylation is 2. The van der Waals surface area contributed by atoms with Crippen LogP contribution in [0.2, 0.25) is 0 Å². The Labute approximate surface area is 166 Å². The molecule has 138 valence electrons. The summed E-state index contributed by atoms with van der Waals surface area (Å²) in [5, 5.41) is 10.7. The van der Waals surface area contributed by atoms with Crippen molar-refractivity contribution in [3.05, 3.63) is 46.8 Å². The van der Waals surface area contributed by atoms with Crippen LogP contribution in [-0.4, -0.2) is 31.8 Å². The quantitative estimate of drug-likeness (QED) is 0.395. The van der Waals surface area contributed by atoms with E-state index >= 15 is 0 Å². The predicted octanol–water partition coefficient (Wildman–Crippen LogP) is 3.39. The van der Waals surface area contributed by atoms with E-state index in [-0.39, 0.29) is 29.9 Å². The Hall–Kier alpha value is -1.77. The Morgan fingerprint density at radius 3 is 2.44 bits per heavy atom. The fourth-order valence-corrected chi connectivity index (χ4v) is 2.70. The molecule has 0 saturated carbocycles. The van der Waals surface area contributed by atoms with E-state index in [0.717, 1.165) is 40.8 Å². The maximum atomic E-state index is 5.24. The van der Waals surface area contributed by atoms with Crippen LogP contribution in [-0.2, 0) is 6.54 Å². The molecule has 0 bridgehead atoms. The maximum Gasteiger partial charge on any atom is 0.191 e. The Kier molecular flexibility index (Phi) is 8.74. The number of benzene rings is 1. The van der Waals surface area contributed by atoms with Gasteiger partial charge < -0.3 is 19.9 Å². The molecule has 0 amide bonds. The minimum Gasteiger partial charge on any atom is -0.497 e. The van der Waals surface area contributed by atoms with Gasteiger partial charge in [-0.1, -0.05) is 24.2 Å². The average Bonchev–Trinajstić information content (AvgIpc) is 2.94. The van der Waals surface area contributed by atoms with Gasteiger partial charge in [0.2, 0.25) is 0 Å². The fraction of sp³-hybridized carbons (Fsp3) is 0.444. The van der Waals surface area contributed by atoms with E-state index in [1.807, 2.05) is 38.1 Å². The van der Waals surface area contributed by atoms with Crippen LogP contribution in [0.5, 0.6) is 5.75 Å². The van der Waals surface area contributed by atoms with Gasteiger partial charge in [-0.15, -0.1) is 24.0 Å². The number of ether oxygens (including phenoxy) is 1. The molecule has 2 N–H and O–H groups in total. The number of aliphatic imine (C=N–C) groups is 1. The van der Waals surface area contributed by atoms with Crippen LogP contribution < -0.4 is 15.4 Å². The van der Waals surface area contributed by atoms with E-state index in [1.165, 1.54) is 0 Å². The minimum atomic E-state index is 0. The summed E-state index contributed by atoms with van der Waals surface area (Å²) >= 11 is 0. The molecule has 1 aromatic carbocycles.